The summed E-state index contributed by atoms with van der Waals surface area (Å²) < 4.78 is 0. The van der Waals surface area contributed by atoms with Crippen molar-refractivity contribution < 1.29 is 49.2 Å². The summed E-state index contributed by atoms with van der Waals surface area (Å²) in [6.45, 7) is 2.17. The minimum absolute atomic E-state index is 0. The molecular formula is C6H11BeNO6Zn. The summed E-state index contributed by atoms with van der Waals surface area (Å²) in [7, 11) is 0. The van der Waals surface area contributed by atoms with Crippen LogP contribution in [0.25, 0.3) is 0 Å². The van der Waals surface area contributed by atoms with E-state index in [0.717, 1.165) is 19.9 Å². The molecule has 0 unspecified atom stereocenters. The Bertz CT molecular complexity index is 206. The maximum Gasteiger partial charge on any atom is 0 e. The molecule has 0 amide bonds. The van der Waals surface area contributed by atoms with E-state index >= 15 is 0 Å². The summed E-state index contributed by atoms with van der Waals surface area (Å²) in [4.78, 5) is 27.0. The monoisotopic (exact) mass is 266 g/mol. The molecule has 0 aromatic rings. The van der Waals surface area contributed by atoms with Crippen LogP contribution >= 0.6 is 0 Å². The first-order valence-corrected chi connectivity index (χ1v) is 2.76. The predicted molar refractivity (Wildman–Crippen MR) is 48.4 cm³/mol. The minimum Gasteiger partial charge on any atom is 0 e. The Morgan fingerprint density at radius 1 is 1.00 bits per heavy atom. The van der Waals surface area contributed by atoms with E-state index in [0.29, 0.717) is 0 Å². The molecule has 15 heavy (non-hydrogen) atoms. The average molecular weight is 268 g/mol. The van der Waals surface area contributed by atoms with Crippen molar-refractivity contribution in [2.45, 2.75) is 13.8 Å². The fourth-order valence-electron chi connectivity index (χ4n) is 0. The van der Waals surface area contributed by atoms with E-state index in [1.807, 2.05) is 0 Å². The maximum absolute atomic E-state index is 9.01. The molecule has 0 aliphatic rings. The molecule has 0 aromatic carbocycles. The number of nitriles is 1. The fourth-order valence-corrected chi connectivity index (χ4v) is 0. The Morgan fingerprint density at radius 2 is 1.07 bits per heavy atom. The zero-order chi connectivity index (χ0) is 11.4. The Labute approximate surface area is 103 Å². The summed E-state index contributed by atoms with van der Waals surface area (Å²) in [5.41, 5.74) is 0. The Kier molecular flexibility index (Phi) is 44.7. The largest absolute Gasteiger partial charge is 0 e. The van der Waals surface area contributed by atoms with E-state index in [2.05, 4.69) is 0 Å². The molecule has 0 aromatic heterocycles. The van der Waals surface area contributed by atoms with Gasteiger partial charge in [-0.05, 0) is 0 Å². The molecule has 0 saturated carbocycles. The van der Waals surface area contributed by atoms with E-state index in [1.54, 1.807) is 0 Å². The van der Waals surface area contributed by atoms with Gasteiger partial charge in [0.15, 0.2) is 6.07 Å². The van der Waals surface area contributed by atoms with Gasteiger partial charge in [0.05, 0.1) is 0 Å². The van der Waals surface area contributed by atoms with Crippen LogP contribution in [-0.4, -0.2) is 43.3 Å². The number of rotatable bonds is 0. The van der Waals surface area contributed by atoms with Gasteiger partial charge in [-0.15, -0.1) is 0 Å². The molecule has 3 N–H and O–H groups in total. The fraction of sp³-hybridized carbons (Fsp3) is 0.333. The minimum atomic E-state index is -1.44. The summed E-state index contributed by atoms with van der Waals surface area (Å²) in [6.07, 6.45) is 0. The second kappa shape index (κ2) is 23.0. The molecule has 0 spiro atoms. The summed E-state index contributed by atoms with van der Waals surface area (Å²) >= 11 is 0. The third kappa shape index (κ3) is 3030. The predicted octanol–water partition coefficient (Wildman–Crippen LogP) is -1.14. The molecule has 9 heteroatoms. The quantitative estimate of drug-likeness (QED) is 0.287. The summed E-state index contributed by atoms with van der Waals surface area (Å²) in [5, 5.41) is 29.5. The number of aliphatic carboxylic acids is 3. The molecule has 0 fully saturated rings. The summed E-state index contributed by atoms with van der Waals surface area (Å²) in [5.74, 6) is -3.11. The Morgan fingerprint density at radius 3 is 1.07 bits per heavy atom. The van der Waals surface area contributed by atoms with Gasteiger partial charge in [0.1, 0.15) is 0 Å². The molecule has 0 atom stereocenters. The first kappa shape index (κ1) is 29.2. The van der Waals surface area contributed by atoms with Gasteiger partial charge in [-0.1, -0.05) is 0 Å². The molecule has 0 radical (unpaired) electrons. The third-order valence-corrected chi connectivity index (χ3v) is 0.0956. The van der Waals surface area contributed by atoms with Crippen LogP contribution in [0.3, 0.4) is 0 Å². The number of nitrogens with zero attached hydrogens (tertiary/aromatic N) is 1. The first-order chi connectivity index (χ1) is 5.73. The number of hydrogen-bond acceptors (Lipinski definition) is 4. The smallest absolute Gasteiger partial charge is 0 e. The second-order valence-corrected chi connectivity index (χ2v) is 1.45. The van der Waals surface area contributed by atoms with Gasteiger partial charge in [-0.2, -0.15) is 5.26 Å². The summed E-state index contributed by atoms with van der Waals surface area (Å²) in [6, 6.07) is 0.944. The van der Waals surface area contributed by atoms with Gasteiger partial charge < -0.3 is 15.3 Å². The van der Waals surface area contributed by atoms with Crippen molar-refractivity contribution in [3.63, 3.8) is 0 Å². The van der Waals surface area contributed by atoms with Crippen LogP contribution in [0.1, 0.15) is 13.8 Å². The topological polar surface area (TPSA) is 136 Å². The van der Waals surface area contributed by atoms with Crippen molar-refractivity contribution in [1.82, 2.24) is 0 Å². The van der Waals surface area contributed by atoms with E-state index in [4.69, 9.17) is 35.0 Å². The second-order valence-electron chi connectivity index (χ2n) is 1.45. The molecule has 0 bridgehead atoms. The van der Waals surface area contributed by atoms with E-state index in [-0.39, 0.29) is 29.6 Å². The molecule has 0 aliphatic heterocycles. The van der Waals surface area contributed by atoms with Crippen molar-refractivity contribution >= 4 is 28.0 Å². The van der Waals surface area contributed by atoms with Crippen molar-refractivity contribution in [2.24, 2.45) is 0 Å². The molecule has 0 heterocycles. The van der Waals surface area contributed by atoms with E-state index in [1.165, 1.54) is 0 Å². The van der Waals surface area contributed by atoms with Gasteiger partial charge in [0, 0.05) is 33.3 Å². The number of carbonyl (C=O) groups is 3. The average Bonchev–Trinajstić information content (AvgIpc) is 1.84. The first-order valence-electron chi connectivity index (χ1n) is 2.76. The van der Waals surface area contributed by atoms with Crippen LogP contribution in [0.15, 0.2) is 0 Å². The third-order valence-electron chi connectivity index (χ3n) is 0.0956. The van der Waals surface area contributed by atoms with Crippen molar-refractivity contribution in [1.29, 1.82) is 5.26 Å². The van der Waals surface area contributed by atoms with Gasteiger partial charge in [0.25, 0.3) is 11.9 Å². The van der Waals surface area contributed by atoms with Crippen LogP contribution < -0.4 is 0 Å². The zero-order valence-electron chi connectivity index (χ0n) is 7.72. The molecular weight excluding hydrogens is 256 g/mol. The van der Waals surface area contributed by atoms with Crippen LogP contribution in [0.5, 0.6) is 0 Å². The maximum atomic E-state index is 9.01. The Balaban J connectivity index is -0.0000000315. The van der Waals surface area contributed by atoms with Crippen molar-refractivity contribution in [2.75, 3.05) is 0 Å². The van der Waals surface area contributed by atoms with Crippen LogP contribution in [0.2, 0.25) is 0 Å². The number of carboxylic acid groups (broad SMARTS) is 3. The molecule has 0 aliphatic carbocycles. The van der Waals surface area contributed by atoms with Crippen LogP contribution in [0.4, 0.5) is 0 Å². The van der Waals surface area contributed by atoms with Gasteiger partial charge >= 0.3 is 16.1 Å². The Hall–Kier alpha value is -1.31. The van der Waals surface area contributed by atoms with Crippen molar-refractivity contribution in [3.05, 3.63) is 0 Å². The molecule has 0 rings (SSSR count). The molecule has 7 nitrogen and oxygen atoms in total. The van der Waals surface area contributed by atoms with Crippen LogP contribution in [-0.2, 0) is 33.9 Å². The van der Waals surface area contributed by atoms with Gasteiger partial charge in [-0.25, -0.2) is 4.79 Å². The van der Waals surface area contributed by atoms with E-state index in [9.17, 15) is 0 Å². The number of carboxylic acids is 3. The zero-order valence-corrected chi connectivity index (χ0v) is 10.7. The van der Waals surface area contributed by atoms with E-state index < -0.39 is 17.9 Å². The number of hydrogen-bond donors (Lipinski definition) is 3. The van der Waals surface area contributed by atoms with Crippen LogP contribution in [0, 0.1) is 11.3 Å². The molecule has 0 saturated heterocycles. The SMILES string of the molecule is CC(=O)O.CC(=O)O.N#CC(=O)O.[BeH2].[Zn]. The van der Waals surface area contributed by atoms with Gasteiger partial charge in [0.2, 0.25) is 0 Å². The van der Waals surface area contributed by atoms with Gasteiger partial charge in [-0.3, -0.25) is 9.59 Å². The normalized spacial score (nSPS) is 5.13. The van der Waals surface area contributed by atoms with Crippen molar-refractivity contribution in [3.8, 4) is 6.07 Å². The standard InChI is InChI=1S/C2HNO2.2C2H4O2.Be.Zn.2H/c3-1-2(4)5;2*1-2(3)4;;;;/h(H,4,5);2*1H3,(H,3,4);;;;. The molecule has 80 valence electrons.